The molecule has 1 N–H and O–H groups in total. The third kappa shape index (κ3) is 4.95. The van der Waals surface area contributed by atoms with Crippen molar-refractivity contribution in [1.82, 2.24) is 9.88 Å². The highest BCUT2D eigenvalue weighted by atomic mass is 32.2. The van der Waals surface area contributed by atoms with Crippen LogP contribution in [0.25, 0.3) is 0 Å². The minimum atomic E-state index is 0.427. The van der Waals surface area contributed by atoms with Gasteiger partial charge in [-0.25, -0.2) is 4.98 Å². The summed E-state index contributed by atoms with van der Waals surface area (Å²) in [5.41, 5.74) is 4.00. The van der Waals surface area contributed by atoms with Crippen molar-refractivity contribution in [2.75, 3.05) is 24.6 Å². The molecule has 0 amide bonds. The van der Waals surface area contributed by atoms with Gasteiger partial charge in [-0.1, -0.05) is 43.3 Å². The summed E-state index contributed by atoms with van der Waals surface area (Å²) in [5, 5.41) is 13.2. The van der Waals surface area contributed by atoms with E-state index in [2.05, 4.69) is 53.2 Å². The first-order valence-corrected chi connectivity index (χ1v) is 10.5. The standard InChI is InChI=1S/C21H27N3O2S/c1-15(2)18-7-5-17(6-8-18)14-26-21-19(9-4-16(3)22-21)20(23-25)24-10-12-27-13-11-24/h4-9,15,25H,10-14H2,1-3H3/b23-20-. The average molecular weight is 386 g/mol. The number of rotatable bonds is 5. The number of thioether (sulfide) groups is 1. The van der Waals surface area contributed by atoms with Crippen LogP contribution in [0.5, 0.6) is 5.88 Å². The molecule has 1 saturated heterocycles. The molecular weight excluding hydrogens is 358 g/mol. The molecular formula is C21H27N3O2S. The Morgan fingerprint density at radius 3 is 2.52 bits per heavy atom. The zero-order valence-electron chi connectivity index (χ0n) is 16.2. The van der Waals surface area contributed by atoms with Crippen molar-refractivity contribution in [2.45, 2.75) is 33.3 Å². The molecule has 1 aromatic carbocycles. The number of ether oxygens (including phenoxy) is 1. The molecule has 3 rings (SSSR count). The minimum absolute atomic E-state index is 0.427. The third-order valence-corrected chi connectivity index (χ3v) is 5.61. The first kappa shape index (κ1) is 19.5. The van der Waals surface area contributed by atoms with Crippen LogP contribution in [0.15, 0.2) is 41.6 Å². The lowest BCUT2D eigenvalue weighted by molar-refractivity contribution is 0.287. The number of aryl methyl sites for hydroxylation is 1. The predicted molar refractivity (Wildman–Crippen MR) is 111 cm³/mol. The highest BCUT2D eigenvalue weighted by Gasteiger charge is 2.21. The Bertz CT molecular complexity index is 785. The van der Waals surface area contributed by atoms with Gasteiger partial charge in [0, 0.05) is 30.3 Å². The van der Waals surface area contributed by atoms with Crippen LogP contribution >= 0.6 is 11.8 Å². The van der Waals surface area contributed by atoms with E-state index < -0.39 is 0 Å². The van der Waals surface area contributed by atoms with Gasteiger partial charge in [0.15, 0.2) is 5.84 Å². The average Bonchev–Trinajstić information content (AvgIpc) is 2.69. The normalized spacial score (nSPS) is 15.3. The van der Waals surface area contributed by atoms with Gasteiger partial charge in [0.1, 0.15) is 6.61 Å². The van der Waals surface area contributed by atoms with Crippen LogP contribution in [0.1, 0.15) is 42.1 Å². The number of amidine groups is 1. The first-order valence-electron chi connectivity index (χ1n) is 9.33. The van der Waals surface area contributed by atoms with Crippen LogP contribution in [0.3, 0.4) is 0 Å². The number of hydrogen-bond donors (Lipinski definition) is 1. The number of oxime groups is 1. The smallest absolute Gasteiger partial charge is 0.225 e. The molecule has 1 aliphatic rings. The van der Waals surface area contributed by atoms with Gasteiger partial charge in [0.2, 0.25) is 5.88 Å². The zero-order chi connectivity index (χ0) is 19.2. The quantitative estimate of drug-likeness (QED) is 0.360. The van der Waals surface area contributed by atoms with Crippen molar-refractivity contribution in [1.29, 1.82) is 0 Å². The van der Waals surface area contributed by atoms with Crippen LogP contribution < -0.4 is 4.74 Å². The van der Waals surface area contributed by atoms with Crippen LogP contribution in [-0.2, 0) is 6.61 Å². The summed E-state index contributed by atoms with van der Waals surface area (Å²) in [4.78, 5) is 6.64. The molecule has 1 fully saturated rings. The van der Waals surface area contributed by atoms with Gasteiger partial charge in [-0.05, 0) is 36.1 Å². The fraction of sp³-hybridized carbons (Fsp3) is 0.429. The minimum Gasteiger partial charge on any atom is -0.472 e. The van der Waals surface area contributed by atoms with E-state index in [0.717, 1.165) is 41.4 Å². The number of nitrogens with zero attached hydrogens (tertiary/aromatic N) is 3. The van der Waals surface area contributed by atoms with Gasteiger partial charge in [-0.15, -0.1) is 0 Å². The van der Waals surface area contributed by atoms with Crippen molar-refractivity contribution in [3.63, 3.8) is 0 Å². The topological polar surface area (TPSA) is 58.0 Å². The fourth-order valence-corrected chi connectivity index (χ4v) is 3.93. The molecule has 1 aliphatic heterocycles. The van der Waals surface area contributed by atoms with Gasteiger partial charge < -0.3 is 14.8 Å². The van der Waals surface area contributed by atoms with E-state index in [1.54, 1.807) is 0 Å². The molecule has 144 valence electrons. The Labute approximate surface area is 165 Å². The zero-order valence-corrected chi connectivity index (χ0v) is 17.0. The van der Waals surface area contributed by atoms with Gasteiger partial charge >= 0.3 is 0 Å². The largest absolute Gasteiger partial charge is 0.472 e. The van der Waals surface area contributed by atoms with Gasteiger partial charge in [0.25, 0.3) is 0 Å². The maximum Gasteiger partial charge on any atom is 0.225 e. The molecule has 2 aromatic rings. The van der Waals surface area contributed by atoms with E-state index in [1.807, 2.05) is 30.8 Å². The summed E-state index contributed by atoms with van der Waals surface area (Å²) in [6.07, 6.45) is 0. The second kappa shape index (κ2) is 9.13. The van der Waals surface area contributed by atoms with Crippen molar-refractivity contribution in [3.8, 4) is 5.88 Å². The van der Waals surface area contributed by atoms with Crippen LogP contribution in [0.2, 0.25) is 0 Å². The van der Waals surface area contributed by atoms with Crippen LogP contribution in [0, 0.1) is 6.92 Å². The second-order valence-electron chi connectivity index (χ2n) is 7.01. The highest BCUT2D eigenvalue weighted by Crippen LogP contribution is 2.23. The summed E-state index contributed by atoms with van der Waals surface area (Å²) in [6, 6.07) is 12.3. The predicted octanol–water partition coefficient (Wildman–Crippen LogP) is 4.28. The second-order valence-corrected chi connectivity index (χ2v) is 8.24. The Balaban J connectivity index is 1.79. The SMILES string of the molecule is Cc1ccc(/C(=N/O)N2CCSCC2)c(OCc2ccc(C(C)C)cc2)n1. The Hall–Kier alpha value is -2.21. The van der Waals surface area contributed by atoms with E-state index >= 15 is 0 Å². The molecule has 27 heavy (non-hydrogen) atoms. The molecule has 1 aromatic heterocycles. The molecule has 0 unspecified atom stereocenters. The number of pyridine rings is 1. The van der Waals surface area contributed by atoms with E-state index in [9.17, 15) is 5.21 Å². The first-order chi connectivity index (χ1) is 13.1. The maximum atomic E-state index is 9.65. The Morgan fingerprint density at radius 1 is 1.19 bits per heavy atom. The summed E-state index contributed by atoms with van der Waals surface area (Å²) in [6.45, 7) is 8.44. The number of benzene rings is 1. The van der Waals surface area contributed by atoms with Gasteiger partial charge in [0.05, 0.1) is 5.56 Å². The lowest BCUT2D eigenvalue weighted by Gasteiger charge is -2.29. The molecule has 0 spiro atoms. The van der Waals surface area contributed by atoms with Gasteiger partial charge in [-0.2, -0.15) is 11.8 Å². The van der Waals surface area contributed by atoms with E-state index in [1.165, 1.54) is 5.56 Å². The van der Waals surface area contributed by atoms with Crippen LogP contribution in [-0.4, -0.2) is 45.5 Å². The van der Waals surface area contributed by atoms with Crippen molar-refractivity contribution in [2.24, 2.45) is 5.16 Å². The summed E-state index contributed by atoms with van der Waals surface area (Å²) >= 11 is 1.91. The molecule has 5 nitrogen and oxygen atoms in total. The molecule has 0 bridgehead atoms. The summed E-state index contributed by atoms with van der Waals surface area (Å²) in [7, 11) is 0. The van der Waals surface area contributed by atoms with E-state index in [4.69, 9.17) is 4.74 Å². The van der Waals surface area contributed by atoms with E-state index in [0.29, 0.717) is 24.2 Å². The highest BCUT2D eigenvalue weighted by molar-refractivity contribution is 7.99. The molecule has 0 atom stereocenters. The molecule has 2 heterocycles. The third-order valence-electron chi connectivity index (χ3n) is 4.67. The van der Waals surface area contributed by atoms with Crippen LogP contribution in [0.4, 0.5) is 0 Å². The van der Waals surface area contributed by atoms with Crippen molar-refractivity contribution in [3.05, 3.63) is 58.8 Å². The van der Waals surface area contributed by atoms with E-state index in [-0.39, 0.29) is 0 Å². The molecule has 0 radical (unpaired) electrons. The molecule has 6 heteroatoms. The van der Waals surface area contributed by atoms with Crippen molar-refractivity contribution < 1.29 is 9.94 Å². The number of aromatic nitrogens is 1. The molecule has 0 aliphatic carbocycles. The Kier molecular flexibility index (Phi) is 6.61. The van der Waals surface area contributed by atoms with Crippen molar-refractivity contribution >= 4 is 17.6 Å². The van der Waals surface area contributed by atoms with Gasteiger partial charge in [-0.3, -0.25) is 0 Å². The molecule has 0 saturated carbocycles. The Morgan fingerprint density at radius 2 is 1.89 bits per heavy atom. The number of hydrogen-bond acceptors (Lipinski definition) is 5. The monoisotopic (exact) mass is 385 g/mol. The lowest BCUT2D eigenvalue weighted by Crippen LogP contribution is -2.38. The maximum absolute atomic E-state index is 9.65. The summed E-state index contributed by atoms with van der Waals surface area (Å²) in [5.74, 6) is 3.60. The fourth-order valence-electron chi connectivity index (χ4n) is 3.03. The lowest BCUT2D eigenvalue weighted by atomic mass is 10.0. The summed E-state index contributed by atoms with van der Waals surface area (Å²) < 4.78 is 6.04.